The number of amides is 1. The molecule has 0 fully saturated rings. The molecule has 0 spiro atoms. The van der Waals surface area contributed by atoms with E-state index in [1.165, 1.54) is 7.11 Å². The topological polar surface area (TPSA) is 50.4 Å². The normalized spacial score (nSPS) is 10.2. The van der Waals surface area contributed by atoms with E-state index in [0.717, 1.165) is 12.1 Å². The molecular weight excluding hydrogens is 242 g/mol. The molecule has 0 saturated heterocycles. The smallest absolute Gasteiger partial charge is 0.224 e. The van der Waals surface area contributed by atoms with Crippen molar-refractivity contribution in [3.8, 4) is 5.75 Å². The third kappa shape index (κ3) is 3.96. The molecule has 0 aliphatic rings. The van der Waals surface area contributed by atoms with Gasteiger partial charge in [-0.05, 0) is 20.0 Å². The highest BCUT2D eigenvalue weighted by Gasteiger charge is 2.12. The minimum absolute atomic E-state index is 0.0836. The maximum atomic E-state index is 13.3. The van der Waals surface area contributed by atoms with E-state index in [-0.39, 0.29) is 18.0 Å². The Labute approximate surface area is 104 Å². The SMILES string of the molecule is CNCCCC(=O)Nc1cc(F)c(OC)c(F)c1. The number of anilines is 1. The van der Waals surface area contributed by atoms with Gasteiger partial charge in [-0.15, -0.1) is 0 Å². The summed E-state index contributed by atoms with van der Waals surface area (Å²) in [5.74, 6) is -2.43. The minimum atomic E-state index is -0.844. The Bertz CT molecular complexity index is 402. The van der Waals surface area contributed by atoms with Gasteiger partial charge in [-0.25, -0.2) is 8.78 Å². The van der Waals surface area contributed by atoms with Crippen molar-refractivity contribution >= 4 is 11.6 Å². The minimum Gasteiger partial charge on any atom is -0.491 e. The molecule has 1 amide bonds. The number of hydrogen-bond donors (Lipinski definition) is 2. The van der Waals surface area contributed by atoms with Crippen molar-refractivity contribution in [2.24, 2.45) is 0 Å². The van der Waals surface area contributed by atoms with E-state index >= 15 is 0 Å². The first-order chi connectivity index (χ1) is 8.58. The van der Waals surface area contributed by atoms with Gasteiger partial charge in [-0.2, -0.15) is 0 Å². The molecule has 1 aromatic carbocycles. The summed E-state index contributed by atoms with van der Waals surface area (Å²) in [4.78, 5) is 11.4. The van der Waals surface area contributed by atoms with Crippen LogP contribution in [0.3, 0.4) is 0 Å². The Hall–Kier alpha value is -1.69. The Balaban J connectivity index is 2.65. The zero-order chi connectivity index (χ0) is 13.5. The number of ether oxygens (including phenoxy) is 1. The first kappa shape index (κ1) is 14.4. The highest BCUT2D eigenvalue weighted by atomic mass is 19.1. The maximum absolute atomic E-state index is 13.3. The average molecular weight is 258 g/mol. The monoisotopic (exact) mass is 258 g/mol. The van der Waals surface area contributed by atoms with Crippen LogP contribution in [0.2, 0.25) is 0 Å². The fourth-order valence-corrected chi connectivity index (χ4v) is 1.48. The number of rotatable bonds is 6. The van der Waals surface area contributed by atoms with E-state index in [1.807, 2.05) is 0 Å². The molecule has 0 heterocycles. The lowest BCUT2D eigenvalue weighted by molar-refractivity contribution is -0.116. The van der Waals surface area contributed by atoms with Crippen molar-refractivity contribution in [3.05, 3.63) is 23.8 Å². The van der Waals surface area contributed by atoms with Crippen LogP contribution in [0, 0.1) is 11.6 Å². The van der Waals surface area contributed by atoms with Gasteiger partial charge in [0.2, 0.25) is 5.91 Å². The third-order valence-electron chi connectivity index (χ3n) is 2.32. The summed E-state index contributed by atoms with van der Waals surface area (Å²) in [5.41, 5.74) is 0.0836. The highest BCUT2D eigenvalue weighted by Crippen LogP contribution is 2.25. The summed E-state index contributed by atoms with van der Waals surface area (Å²) < 4.78 is 31.2. The second-order valence-electron chi connectivity index (χ2n) is 3.73. The summed E-state index contributed by atoms with van der Waals surface area (Å²) in [6, 6.07) is 2.05. The predicted molar refractivity (Wildman–Crippen MR) is 64.7 cm³/mol. The number of hydrogen-bond acceptors (Lipinski definition) is 3. The molecule has 0 aliphatic heterocycles. The van der Waals surface area contributed by atoms with Gasteiger partial charge >= 0.3 is 0 Å². The standard InChI is InChI=1S/C12H16F2N2O2/c1-15-5-3-4-11(17)16-8-6-9(13)12(18-2)10(14)7-8/h6-7,15H,3-5H2,1-2H3,(H,16,17). The molecule has 18 heavy (non-hydrogen) atoms. The van der Waals surface area contributed by atoms with Crippen LogP contribution in [0.4, 0.5) is 14.5 Å². The predicted octanol–water partition coefficient (Wildman–Crippen LogP) is 1.91. The lowest BCUT2D eigenvalue weighted by Crippen LogP contribution is -2.15. The molecule has 0 atom stereocenters. The van der Waals surface area contributed by atoms with Crippen molar-refractivity contribution in [1.82, 2.24) is 5.32 Å². The van der Waals surface area contributed by atoms with Gasteiger partial charge in [0, 0.05) is 24.2 Å². The molecule has 4 nitrogen and oxygen atoms in total. The molecule has 0 unspecified atom stereocenters. The molecule has 0 radical (unpaired) electrons. The quantitative estimate of drug-likeness (QED) is 0.766. The first-order valence-electron chi connectivity index (χ1n) is 5.56. The Morgan fingerprint density at radius 2 is 1.94 bits per heavy atom. The Kier molecular flexibility index (Phi) is 5.51. The lowest BCUT2D eigenvalue weighted by atomic mass is 10.2. The molecule has 2 N–H and O–H groups in total. The molecule has 0 saturated carbocycles. The number of benzene rings is 1. The van der Waals surface area contributed by atoms with Crippen LogP contribution >= 0.6 is 0 Å². The summed E-state index contributed by atoms with van der Waals surface area (Å²) in [6.45, 7) is 0.707. The second kappa shape index (κ2) is 6.90. The molecular formula is C12H16F2N2O2. The van der Waals surface area contributed by atoms with Crippen LogP contribution in [0.5, 0.6) is 5.75 Å². The van der Waals surface area contributed by atoms with Crippen LogP contribution in [0.1, 0.15) is 12.8 Å². The van der Waals surface area contributed by atoms with E-state index in [1.54, 1.807) is 7.05 Å². The van der Waals surface area contributed by atoms with E-state index in [2.05, 4.69) is 15.4 Å². The largest absolute Gasteiger partial charge is 0.491 e. The average Bonchev–Trinajstić information content (AvgIpc) is 2.29. The van der Waals surface area contributed by atoms with Crippen molar-refractivity contribution < 1.29 is 18.3 Å². The van der Waals surface area contributed by atoms with Crippen molar-refractivity contribution in [1.29, 1.82) is 0 Å². The molecule has 0 aromatic heterocycles. The van der Waals surface area contributed by atoms with Crippen molar-refractivity contribution in [2.45, 2.75) is 12.8 Å². The fraction of sp³-hybridized carbons (Fsp3) is 0.417. The van der Waals surface area contributed by atoms with E-state index in [4.69, 9.17) is 0 Å². The van der Waals surface area contributed by atoms with Crippen LogP contribution in [-0.2, 0) is 4.79 Å². The summed E-state index contributed by atoms with van der Waals surface area (Å²) in [6.07, 6.45) is 0.944. The zero-order valence-corrected chi connectivity index (χ0v) is 10.3. The van der Waals surface area contributed by atoms with Gasteiger partial charge in [0.15, 0.2) is 17.4 Å². The number of nitrogens with one attached hydrogen (secondary N) is 2. The lowest BCUT2D eigenvalue weighted by Gasteiger charge is -2.08. The van der Waals surface area contributed by atoms with Gasteiger partial charge in [0.1, 0.15) is 0 Å². The van der Waals surface area contributed by atoms with E-state index in [9.17, 15) is 13.6 Å². The Morgan fingerprint density at radius 1 is 1.33 bits per heavy atom. The molecule has 6 heteroatoms. The highest BCUT2D eigenvalue weighted by molar-refractivity contribution is 5.90. The van der Waals surface area contributed by atoms with Crippen molar-refractivity contribution in [3.63, 3.8) is 0 Å². The molecule has 1 rings (SSSR count). The van der Waals surface area contributed by atoms with Gasteiger partial charge in [-0.3, -0.25) is 4.79 Å². The number of halogens is 2. The summed E-state index contributed by atoms with van der Waals surface area (Å²) >= 11 is 0. The number of methoxy groups -OCH3 is 1. The number of carbonyl (C=O) groups is 1. The van der Waals surface area contributed by atoms with Crippen LogP contribution < -0.4 is 15.4 Å². The summed E-state index contributed by atoms with van der Waals surface area (Å²) in [7, 11) is 2.96. The first-order valence-corrected chi connectivity index (χ1v) is 5.56. The molecule has 1 aromatic rings. The van der Waals surface area contributed by atoms with Crippen molar-refractivity contribution in [2.75, 3.05) is 26.0 Å². The maximum Gasteiger partial charge on any atom is 0.224 e. The van der Waals surface area contributed by atoms with E-state index < -0.39 is 17.4 Å². The Morgan fingerprint density at radius 3 is 2.44 bits per heavy atom. The summed E-state index contributed by atoms with van der Waals surface area (Å²) in [5, 5.41) is 5.34. The van der Waals surface area contributed by atoms with E-state index in [0.29, 0.717) is 13.0 Å². The van der Waals surface area contributed by atoms with Gasteiger partial charge in [-0.1, -0.05) is 0 Å². The zero-order valence-electron chi connectivity index (χ0n) is 10.3. The number of carbonyl (C=O) groups excluding carboxylic acids is 1. The third-order valence-corrected chi connectivity index (χ3v) is 2.32. The van der Waals surface area contributed by atoms with Gasteiger partial charge in [0.25, 0.3) is 0 Å². The molecule has 100 valence electrons. The van der Waals surface area contributed by atoms with Crippen LogP contribution in [0.15, 0.2) is 12.1 Å². The van der Waals surface area contributed by atoms with Gasteiger partial charge in [0.05, 0.1) is 7.11 Å². The second-order valence-corrected chi connectivity index (χ2v) is 3.73. The molecule has 0 bridgehead atoms. The fourth-order valence-electron chi connectivity index (χ4n) is 1.48. The van der Waals surface area contributed by atoms with Crippen LogP contribution in [0.25, 0.3) is 0 Å². The van der Waals surface area contributed by atoms with Gasteiger partial charge < -0.3 is 15.4 Å². The van der Waals surface area contributed by atoms with Crippen LogP contribution in [-0.4, -0.2) is 26.6 Å². The molecule has 0 aliphatic carbocycles.